The van der Waals surface area contributed by atoms with Crippen LogP contribution in [-0.4, -0.2) is 50.2 Å². The normalized spacial score (nSPS) is 10.4. The summed E-state index contributed by atoms with van der Waals surface area (Å²) in [5, 5.41) is 10.7. The molecule has 0 radical (unpaired) electrons. The van der Waals surface area contributed by atoms with Crippen LogP contribution in [-0.2, 0) is 10.0 Å². The third-order valence-corrected chi connectivity index (χ3v) is 4.21. The summed E-state index contributed by atoms with van der Waals surface area (Å²) >= 11 is 0. The molecule has 0 atom stereocenters. The highest BCUT2D eigenvalue weighted by atomic mass is 32.2. The molecular formula is C14H14N6O6S. The number of amides is 2. The molecule has 1 heterocycles. The number of benzene rings is 1. The minimum atomic E-state index is -4.30. The third kappa shape index (κ3) is 5.16. The summed E-state index contributed by atoms with van der Waals surface area (Å²) in [7, 11) is -1.72. The van der Waals surface area contributed by atoms with Crippen molar-refractivity contribution in [2.75, 3.05) is 26.1 Å². The van der Waals surface area contributed by atoms with Crippen molar-refractivity contribution in [2.45, 2.75) is 4.90 Å². The average Bonchev–Trinajstić information content (AvgIpc) is 2.65. The first kappa shape index (κ1) is 19.7. The second-order valence-electron chi connectivity index (χ2n) is 4.59. The van der Waals surface area contributed by atoms with Crippen LogP contribution in [0.25, 0.3) is 0 Å². The lowest BCUT2D eigenvalue weighted by Crippen LogP contribution is -2.35. The number of hydrogen-bond acceptors (Lipinski definition) is 10. The lowest BCUT2D eigenvalue weighted by molar-refractivity contribution is 0.256. The van der Waals surface area contributed by atoms with E-state index in [1.54, 1.807) is 10.8 Å². The first-order valence-electron chi connectivity index (χ1n) is 7.16. The van der Waals surface area contributed by atoms with Crippen LogP contribution >= 0.6 is 0 Å². The van der Waals surface area contributed by atoms with Gasteiger partial charge in [0.2, 0.25) is 5.95 Å². The van der Waals surface area contributed by atoms with E-state index in [0.717, 1.165) is 0 Å². The summed E-state index contributed by atoms with van der Waals surface area (Å²) < 4.78 is 41.4. The highest BCUT2D eigenvalue weighted by Gasteiger charge is 2.23. The van der Waals surface area contributed by atoms with E-state index in [2.05, 4.69) is 20.3 Å². The zero-order valence-electron chi connectivity index (χ0n) is 14.2. The first-order chi connectivity index (χ1) is 12.9. The number of nitrogens with zero attached hydrogens (tertiary/aromatic N) is 4. The molecule has 0 aliphatic heterocycles. The molecule has 0 aliphatic rings. The third-order valence-electron chi connectivity index (χ3n) is 2.84. The molecule has 12 nitrogen and oxygen atoms in total. The van der Waals surface area contributed by atoms with Crippen molar-refractivity contribution in [3.05, 3.63) is 24.3 Å². The smallest absolute Gasteiger partial charge is 0.335 e. The van der Waals surface area contributed by atoms with E-state index >= 15 is 0 Å². The average molecular weight is 394 g/mol. The highest BCUT2D eigenvalue weighted by molar-refractivity contribution is 7.90. The molecule has 0 aliphatic carbocycles. The molecule has 0 unspecified atom stereocenters. The number of ether oxygens (including phenoxy) is 3. The number of para-hydroxylation sites is 1. The number of aromatic nitrogens is 3. The van der Waals surface area contributed by atoms with Crippen LogP contribution in [0.3, 0.4) is 0 Å². The van der Waals surface area contributed by atoms with Crippen molar-refractivity contribution in [2.24, 2.45) is 0 Å². The highest BCUT2D eigenvalue weighted by Crippen LogP contribution is 2.23. The Labute approximate surface area is 154 Å². The fourth-order valence-electron chi connectivity index (χ4n) is 1.78. The molecule has 2 amide bonds. The molecule has 2 aromatic rings. The zero-order valence-corrected chi connectivity index (χ0v) is 15.0. The predicted octanol–water partition coefficient (Wildman–Crippen LogP) is 0.302. The molecule has 1 aromatic carbocycles. The molecule has 0 fully saturated rings. The Bertz CT molecular complexity index is 952. The molecule has 1 aromatic heterocycles. The van der Waals surface area contributed by atoms with Crippen LogP contribution in [0, 0.1) is 11.3 Å². The molecule has 0 bridgehead atoms. The molecule has 27 heavy (non-hydrogen) atoms. The topological polar surface area (TPSA) is 165 Å². The molecule has 13 heteroatoms. The SMILES string of the molecule is COc1nc(NC(=O)NS(=O)(=O)c2ccccc2OCC#N)nc(OC)n1. The van der Waals surface area contributed by atoms with Gasteiger partial charge < -0.3 is 14.2 Å². The van der Waals surface area contributed by atoms with Crippen LogP contribution in [0.5, 0.6) is 17.8 Å². The van der Waals surface area contributed by atoms with Crippen molar-refractivity contribution in [3.63, 3.8) is 0 Å². The summed E-state index contributed by atoms with van der Waals surface area (Å²) in [5.74, 6) is -0.372. The number of urea groups is 1. The van der Waals surface area contributed by atoms with E-state index in [9.17, 15) is 13.2 Å². The van der Waals surface area contributed by atoms with Gasteiger partial charge >= 0.3 is 18.1 Å². The zero-order chi connectivity index (χ0) is 19.9. The number of sulfonamides is 1. The first-order valence-corrected chi connectivity index (χ1v) is 8.64. The van der Waals surface area contributed by atoms with Gasteiger partial charge in [-0.2, -0.15) is 15.2 Å². The van der Waals surface area contributed by atoms with Crippen molar-refractivity contribution >= 4 is 22.0 Å². The molecule has 0 saturated carbocycles. The van der Waals surface area contributed by atoms with Gasteiger partial charge in [0, 0.05) is 0 Å². The number of rotatable bonds is 7. The maximum atomic E-state index is 12.4. The summed E-state index contributed by atoms with van der Waals surface area (Å²) in [6, 6.07) is 5.84. The number of anilines is 1. The van der Waals surface area contributed by atoms with Crippen molar-refractivity contribution < 1.29 is 27.4 Å². The molecule has 142 valence electrons. The Morgan fingerprint density at radius 1 is 1.15 bits per heavy atom. The molecule has 2 N–H and O–H groups in total. The van der Waals surface area contributed by atoms with Crippen LogP contribution in [0.2, 0.25) is 0 Å². The van der Waals surface area contributed by atoms with Gasteiger partial charge in [0.25, 0.3) is 10.0 Å². The number of hydrogen-bond donors (Lipinski definition) is 2. The molecule has 0 spiro atoms. The standard InChI is InChI=1S/C14H14N6O6S/c1-24-13-17-11(18-14(19-13)25-2)16-12(21)20-27(22,23)10-6-4-3-5-9(10)26-8-7-15/h3-6H,8H2,1-2H3,(H2,16,17,18,19,20,21). The second kappa shape index (κ2) is 8.63. The minimum Gasteiger partial charge on any atom is -0.477 e. The second-order valence-corrected chi connectivity index (χ2v) is 6.24. The van der Waals surface area contributed by atoms with E-state index in [4.69, 9.17) is 19.5 Å². The number of nitrogens with one attached hydrogen (secondary N) is 2. The van der Waals surface area contributed by atoms with E-state index < -0.39 is 16.1 Å². The predicted molar refractivity (Wildman–Crippen MR) is 89.8 cm³/mol. The molecule has 2 rings (SSSR count). The molecule has 0 saturated heterocycles. The molecular weight excluding hydrogens is 380 g/mol. The van der Waals surface area contributed by atoms with Gasteiger partial charge in [-0.1, -0.05) is 12.1 Å². The fraction of sp³-hybridized carbons (Fsp3) is 0.214. The lowest BCUT2D eigenvalue weighted by atomic mass is 10.3. The number of methoxy groups -OCH3 is 2. The largest absolute Gasteiger partial charge is 0.477 e. The van der Waals surface area contributed by atoms with Crippen molar-refractivity contribution in [1.29, 1.82) is 5.26 Å². The summed E-state index contributed by atoms with van der Waals surface area (Å²) in [6.07, 6.45) is 0. The van der Waals surface area contributed by atoms with Crippen LogP contribution in [0.1, 0.15) is 0 Å². The van der Waals surface area contributed by atoms with Crippen LogP contribution in [0.4, 0.5) is 10.7 Å². The monoisotopic (exact) mass is 394 g/mol. The Morgan fingerprint density at radius 3 is 2.37 bits per heavy atom. The van der Waals surface area contributed by atoms with E-state index in [1.807, 2.05) is 0 Å². The lowest BCUT2D eigenvalue weighted by Gasteiger charge is -2.11. The number of carbonyl (C=O) groups excluding carboxylic acids is 1. The quantitative estimate of drug-likeness (QED) is 0.667. The van der Waals surface area contributed by atoms with Gasteiger partial charge in [0.1, 0.15) is 16.7 Å². The Hall–Kier alpha value is -3.66. The van der Waals surface area contributed by atoms with E-state index in [-0.39, 0.29) is 35.2 Å². The summed E-state index contributed by atoms with van der Waals surface area (Å²) in [6.45, 7) is -0.358. The maximum absolute atomic E-state index is 12.4. The van der Waals surface area contributed by atoms with Gasteiger partial charge in [-0.15, -0.1) is 4.98 Å². The Balaban J connectivity index is 2.19. The van der Waals surface area contributed by atoms with Crippen LogP contribution < -0.4 is 24.2 Å². The summed E-state index contributed by atoms with van der Waals surface area (Å²) in [4.78, 5) is 23.0. The van der Waals surface area contributed by atoms with E-state index in [0.29, 0.717) is 0 Å². The van der Waals surface area contributed by atoms with Gasteiger partial charge in [-0.3, -0.25) is 5.32 Å². The Morgan fingerprint density at radius 2 is 1.78 bits per heavy atom. The van der Waals surface area contributed by atoms with Gasteiger partial charge in [0.15, 0.2) is 6.61 Å². The number of carbonyl (C=O) groups is 1. The fourth-order valence-corrected chi connectivity index (χ4v) is 2.84. The maximum Gasteiger partial charge on any atom is 0.335 e. The van der Waals surface area contributed by atoms with Crippen molar-refractivity contribution in [3.8, 4) is 23.8 Å². The van der Waals surface area contributed by atoms with Gasteiger partial charge in [-0.25, -0.2) is 17.9 Å². The minimum absolute atomic E-state index is 0.0807. The summed E-state index contributed by atoms with van der Waals surface area (Å²) in [5.41, 5.74) is 0. The number of nitriles is 1. The van der Waals surface area contributed by atoms with E-state index in [1.165, 1.54) is 38.5 Å². The Kier molecular flexibility index (Phi) is 6.28. The van der Waals surface area contributed by atoms with Crippen LogP contribution in [0.15, 0.2) is 29.2 Å². The van der Waals surface area contributed by atoms with Gasteiger partial charge in [0.05, 0.1) is 14.2 Å². The van der Waals surface area contributed by atoms with Gasteiger partial charge in [-0.05, 0) is 12.1 Å². The van der Waals surface area contributed by atoms with Crippen molar-refractivity contribution in [1.82, 2.24) is 19.7 Å².